The molecule has 1 aromatic rings. The van der Waals surface area contributed by atoms with Crippen LogP contribution in [0.5, 0.6) is 5.75 Å². The molecule has 0 fully saturated rings. The third-order valence-corrected chi connectivity index (χ3v) is 3.32. The zero-order valence-corrected chi connectivity index (χ0v) is 10.8. The summed E-state index contributed by atoms with van der Waals surface area (Å²) >= 11 is 0. The summed E-state index contributed by atoms with van der Waals surface area (Å²) in [6.45, 7) is 9.16. The van der Waals surface area contributed by atoms with Gasteiger partial charge in [-0.25, -0.2) is 0 Å². The Morgan fingerprint density at radius 2 is 1.75 bits per heavy atom. The zero-order chi connectivity index (χ0) is 12.2. The van der Waals surface area contributed by atoms with Gasteiger partial charge in [0.15, 0.2) is 0 Å². The molecule has 0 spiro atoms. The Hall–Kier alpha value is -1.02. The van der Waals surface area contributed by atoms with Crippen LogP contribution in [0, 0.1) is 5.92 Å². The molecule has 0 aliphatic heterocycles. The summed E-state index contributed by atoms with van der Waals surface area (Å²) in [5.41, 5.74) is 7.40. The lowest BCUT2D eigenvalue weighted by Gasteiger charge is -2.33. The van der Waals surface area contributed by atoms with E-state index in [2.05, 4.69) is 32.9 Å². The van der Waals surface area contributed by atoms with Crippen molar-refractivity contribution in [1.82, 2.24) is 0 Å². The van der Waals surface area contributed by atoms with Crippen LogP contribution in [-0.4, -0.2) is 6.61 Å². The monoisotopic (exact) mass is 221 g/mol. The molecule has 0 heterocycles. The maximum atomic E-state index is 6.44. The molecule has 1 unspecified atom stereocenters. The molecule has 1 rings (SSSR count). The predicted octanol–water partition coefficient (Wildman–Crippen LogP) is 3.31. The zero-order valence-electron chi connectivity index (χ0n) is 10.8. The molecule has 16 heavy (non-hydrogen) atoms. The highest BCUT2D eigenvalue weighted by atomic mass is 16.5. The second-order valence-corrected chi connectivity index (χ2v) is 4.51. The first-order valence-corrected chi connectivity index (χ1v) is 6.06. The maximum absolute atomic E-state index is 6.44. The van der Waals surface area contributed by atoms with E-state index < -0.39 is 0 Å². The summed E-state index contributed by atoms with van der Waals surface area (Å²) in [4.78, 5) is 0. The van der Waals surface area contributed by atoms with Crippen molar-refractivity contribution in [3.63, 3.8) is 0 Å². The van der Waals surface area contributed by atoms with Gasteiger partial charge < -0.3 is 10.5 Å². The van der Waals surface area contributed by atoms with E-state index in [1.165, 1.54) is 5.56 Å². The summed E-state index contributed by atoms with van der Waals surface area (Å²) in [6, 6.07) is 8.15. The quantitative estimate of drug-likeness (QED) is 0.828. The minimum Gasteiger partial charge on any atom is -0.494 e. The fourth-order valence-electron chi connectivity index (χ4n) is 1.97. The van der Waals surface area contributed by atoms with Gasteiger partial charge in [0.25, 0.3) is 0 Å². The van der Waals surface area contributed by atoms with Gasteiger partial charge in [-0.2, -0.15) is 0 Å². The van der Waals surface area contributed by atoms with Crippen LogP contribution in [0.3, 0.4) is 0 Å². The number of nitrogens with two attached hydrogens (primary N) is 1. The minimum absolute atomic E-state index is 0.231. The Labute approximate surface area is 98.8 Å². The SMILES string of the molecule is CCOc1ccc(C(N)(CC)C(C)C)cc1. The first-order chi connectivity index (χ1) is 7.54. The van der Waals surface area contributed by atoms with Crippen LogP contribution in [0.2, 0.25) is 0 Å². The van der Waals surface area contributed by atoms with Gasteiger partial charge in [0.1, 0.15) is 5.75 Å². The molecule has 0 radical (unpaired) electrons. The molecular weight excluding hydrogens is 198 g/mol. The molecule has 0 bridgehead atoms. The molecule has 0 aromatic heterocycles. The predicted molar refractivity (Wildman–Crippen MR) is 68.6 cm³/mol. The molecular formula is C14H23NO. The Kier molecular flexibility index (Phi) is 4.36. The van der Waals surface area contributed by atoms with Crippen LogP contribution >= 0.6 is 0 Å². The van der Waals surface area contributed by atoms with Crippen molar-refractivity contribution in [1.29, 1.82) is 0 Å². The van der Waals surface area contributed by atoms with E-state index in [-0.39, 0.29) is 5.54 Å². The van der Waals surface area contributed by atoms with Crippen molar-refractivity contribution in [3.05, 3.63) is 29.8 Å². The maximum Gasteiger partial charge on any atom is 0.119 e. The molecule has 0 aliphatic carbocycles. The van der Waals surface area contributed by atoms with Crippen LogP contribution in [0.1, 0.15) is 39.7 Å². The van der Waals surface area contributed by atoms with Crippen molar-refractivity contribution in [3.8, 4) is 5.75 Å². The molecule has 2 heteroatoms. The fraction of sp³-hybridized carbons (Fsp3) is 0.571. The minimum atomic E-state index is -0.231. The van der Waals surface area contributed by atoms with Gasteiger partial charge in [-0.1, -0.05) is 32.9 Å². The third-order valence-electron chi connectivity index (χ3n) is 3.32. The van der Waals surface area contributed by atoms with Crippen LogP contribution in [0.25, 0.3) is 0 Å². The number of rotatable bonds is 5. The molecule has 0 saturated carbocycles. The van der Waals surface area contributed by atoms with E-state index >= 15 is 0 Å². The average Bonchev–Trinajstić information content (AvgIpc) is 2.29. The number of hydrogen-bond donors (Lipinski definition) is 1. The van der Waals surface area contributed by atoms with E-state index in [1.54, 1.807) is 0 Å². The lowest BCUT2D eigenvalue weighted by molar-refractivity contribution is 0.304. The molecule has 1 aromatic carbocycles. The van der Waals surface area contributed by atoms with Crippen molar-refractivity contribution in [2.45, 2.75) is 39.7 Å². The van der Waals surface area contributed by atoms with Gasteiger partial charge in [-0.15, -0.1) is 0 Å². The largest absolute Gasteiger partial charge is 0.494 e. The molecule has 2 nitrogen and oxygen atoms in total. The Bertz CT molecular complexity index is 318. The Morgan fingerprint density at radius 3 is 2.12 bits per heavy atom. The third kappa shape index (κ3) is 2.56. The first-order valence-electron chi connectivity index (χ1n) is 6.06. The summed E-state index contributed by atoms with van der Waals surface area (Å²) in [5.74, 6) is 1.34. The fourth-order valence-corrected chi connectivity index (χ4v) is 1.97. The molecule has 1 atom stereocenters. The number of hydrogen-bond acceptors (Lipinski definition) is 2. The molecule has 0 aliphatic rings. The summed E-state index contributed by atoms with van der Waals surface area (Å²) in [7, 11) is 0. The lowest BCUT2D eigenvalue weighted by atomic mass is 9.79. The van der Waals surface area contributed by atoms with Crippen LogP contribution in [-0.2, 0) is 5.54 Å². The van der Waals surface area contributed by atoms with Gasteiger partial charge in [0.05, 0.1) is 6.61 Å². The lowest BCUT2D eigenvalue weighted by Crippen LogP contribution is -2.41. The number of benzene rings is 1. The normalized spacial score (nSPS) is 14.9. The van der Waals surface area contributed by atoms with Crippen molar-refractivity contribution in [2.75, 3.05) is 6.61 Å². The van der Waals surface area contributed by atoms with Crippen LogP contribution in [0.4, 0.5) is 0 Å². The highest BCUT2D eigenvalue weighted by molar-refractivity contribution is 5.32. The highest BCUT2D eigenvalue weighted by Gasteiger charge is 2.28. The summed E-state index contributed by atoms with van der Waals surface area (Å²) in [6.07, 6.45) is 0.943. The standard InChI is InChI=1S/C14H23NO/c1-5-14(15,11(3)4)12-7-9-13(10-8-12)16-6-2/h7-11H,5-6,15H2,1-4H3. The van der Waals surface area contributed by atoms with Crippen molar-refractivity contribution < 1.29 is 4.74 Å². The first kappa shape index (κ1) is 13.0. The Morgan fingerprint density at radius 1 is 1.19 bits per heavy atom. The average molecular weight is 221 g/mol. The summed E-state index contributed by atoms with van der Waals surface area (Å²) in [5, 5.41) is 0. The van der Waals surface area contributed by atoms with Crippen LogP contribution in [0.15, 0.2) is 24.3 Å². The second kappa shape index (κ2) is 5.35. The van der Waals surface area contributed by atoms with Crippen molar-refractivity contribution in [2.24, 2.45) is 11.7 Å². The highest BCUT2D eigenvalue weighted by Crippen LogP contribution is 2.31. The smallest absolute Gasteiger partial charge is 0.119 e. The number of ether oxygens (including phenoxy) is 1. The van der Waals surface area contributed by atoms with Gasteiger partial charge in [-0.05, 0) is 37.0 Å². The molecule has 90 valence electrons. The van der Waals surface area contributed by atoms with Gasteiger partial charge in [0.2, 0.25) is 0 Å². The van der Waals surface area contributed by atoms with E-state index in [4.69, 9.17) is 10.5 Å². The molecule has 0 amide bonds. The van der Waals surface area contributed by atoms with E-state index in [0.717, 1.165) is 12.2 Å². The summed E-state index contributed by atoms with van der Waals surface area (Å²) < 4.78 is 5.43. The topological polar surface area (TPSA) is 35.2 Å². The molecule has 2 N–H and O–H groups in total. The van der Waals surface area contributed by atoms with Crippen molar-refractivity contribution >= 4 is 0 Å². The second-order valence-electron chi connectivity index (χ2n) is 4.51. The molecule has 0 saturated heterocycles. The van der Waals surface area contributed by atoms with Gasteiger partial charge >= 0.3 is 0 Å². The van der Waals surface area contributed by atoms with E-state index in [1.807, 2.05) is 19.1 Å². The van der Waals surface area contributed by atoms with Crippen LogP contribution < -0.4 is 10.5 Å². The van der Waals surface area contributed by atoms with E-state index in [0.29, 0.717) is 12.5 Å². The van der Waals surface area contributed by atoms with Gasteiger partial charge in [-0.3, -0.25) is 0 Å². The van der Waals surface area contributed by atoms with Gasteiger partial charge in [0, 0.05) is 5.54 Å². The van der Waals surface area contributed by atoms with E-state index in [9.17, 15) is 0 Å². The Balaban J connectivity index is 2.95.